The first-order chi connectivity index (χ1) is 8.75. The van der Waals surface area contributed by atoms with E-state index in [0.717, 1.165) is 11.1 Å². The number of aromatic nitrogens is 1. The Morgan fingerprint density at radius 2 is 2.00 bits per heavy atom. The molecule has 0 saturated heterocycles. The Bertz CT molecular complexity index is 473. The maximum Gasteiger partial charge on any atom is 0.0914 e. The number of hydrogen-bond acceptors (Lipinski definition) is 3. The first-order valence-electron chi connectivity index (χ1n) is 5.79. The molecule has 3 nitrogen and oxygen atoms in total. The second-order valence-corrected chi connectivity index (χ2v) is 4.50. The molecule has 0 aliphatic rings. The van der Waals surface area contributed by atoms with Gasteiger partial charge in [0.05, 0.1) is 6.10 Å². The third-order valence-corrected chi connectivity index (χ3v) is 2.90. The van der Waals surface area contributed by atoms with Gasteiger partial charge >= 0.3 is 0 Å². The summed E-state index contributed by atoms with van der Waals surface area (Å²) in [6.45, 7) is 1.19. The number of pyridine rings is 1. The van der Waals surface area contributed by atoms with Crippen molar-refractivity contribution in [3.05, 3.63) is 64.9 Å². The maximum atomic E-state index is 9.97. The minimum Gasteiger partial charge on any atom is -0.387 e. The molecule has 94 valence electrons. The summed E-state index contributed by atoms with van der Waals surface area (Å²) in [5.74, 6) is 0. The van der Waals surface area contributed by atoms with Gasteiger partial charge in [0.25, 0.3) is 0 Å². The standard InChI is InChI=1S/C14H15ClN2O/c15-13-5-3-12(4-6-13)14(18)10-17-9-11-2-1-7-16-8-11/h1-8,14,17-18H,9-10H2/t14-/m1/s1. The van der Waals surface area contributed by atoms with Crippen LogP contribution in [0.15, 0.2) is 48.8 Å². The second-order valence-electron chi connectivity index (χ2n) is 4.06. The quantitative estimate of drug-likeness (QED) is 0.871. The van der Waals surface area contributed by atoms with E-state index in [1.165, 1.54) is 0 Å². The van der Waals surface area contributed by atoms with Crippen LogP contribution in [0.4, 0.5) is 0 Å². The number of rotatable bonds is 5. The predicted molar refractivity (Wildman–Crippen MR) is 72.4 cm³/mol. The van der Waals surface area contributed by atoms with Crippen LogP contribution in [0.5, 0.6) is 0 Å². The molecule has 2 N–H and O–H groups in total. The average Bonchev–Trinajstić information content (AvgIpc) is 2.40. The normalized spacial score (nSPS) is 12.3. The van der Waals surface area contributed by atoms with E-state index in [2.05, 4.69) is 10.3 Å². The summed E-state index contributed by atoms with van der Waals surface area (Å²) in [6.07, 6.45) is 3.02. The molecule has 0 aliphatic heterocycles. The molecule has 0 fully saturated rings. The van der Waals surface area contributed by atoms with Gasteiger partial charge in [0.15, 0.2) is 0 Å². The van der Waals surface area contributed by atoms with Crippen molar-refractivity contribution in [2.75, 3.05) is 6.54 Å². The van der Waals surface area contributed by atoms with Crippen molar-refractivity contribution < 1.29 is 5.11 Å². The van der Waals surface area contributed by atoms with Crippen LogP contribution in [-0.4, -0.2) is 16.6 Å². The van der Waals surface area contributed by atoms with Gasteiger partial charge in [-0.2, -0.15) is 0 Å². The molecule has 0 spiro atoms. The molecule has 1 atom stereocenters. The molecule has 1 heterocycles. The third kappa shape index (κ3) is 3.81. The molecule has 1 aromatic carbocycles. The Morgan fingerprint density at radius 1 is 1.22 bits per heavy atom. The summed E-state index contributed by atoms with van der Waals surface area (Å²) in [4.78, 5) is 4.03. The van der Waals surface area contributed by atoms with Crippen LogP contribution in [-0.2, 0) is 6.54 Å². The van der Waals surface area contributed by atoms with Crippen molar-refractivity contribution in [2.45, 2.75) is 12.6 Å². The minimum absolute atomic E-state index is 0.497. The average molecular weight is 263 g/mol. The van der Waals surface area contributed by atoms with E-state index in [4.69, 9.17) is 11.6 Å². The van der Waals surface area contributed by atoms with Gasteiger partial charge in [0.1, 0.15) is 0 Å². The van der Waals surface area contributed by atoms with Gasteiger partial charge < -0.3 is 10.4 Å². The van der Waals surface area contributed by atoms with Crippen molar-refractivity contribution >= 4 is 11.6 Å². The number of nitrogens with one attached hydrogen (secondary N) is 1. The molecule has 4 heteroatoms. The monoisotopic (exact) mass is 262 g/mol. The first-order valence-corrected chi connectivity index (χ1v) is 6.16. The number of halogens is 1. The Labute approximate surface area is 111 Å². The Morgan fingerprint density at radius 3 is 2.67 bits per heavy atom. The van der Waals surface area contributed by atoms with Gasteiger partial charge in [-0.15, -0.1) is 0 Å². The van der Waals surface area contributed by atoms with Crippen LogP contribution in [0.2, 0.25) is 5.02 Å². The van der Waals surface area contributed by atoms with Crippen molar-refractivity contribution in [2.24, 2.45) is 0 Å². The fourth-order valence-electron chi connectivity index (χ4n) is 1.66. The van der Waals surface area contributed by atoms with Gasteiger partial charge in [-0.05, 0) is 29.3 Å². The highest BCUT2D eigenvalue weighted by molar-refractivity contribution is 6.30. The number of hydrogen-bond donors (Lipinski definition) is 2. The van der Waals surface area contributed by atoms with E-state index in [0.29, 0.717) is 18.1 Å². The number of aliphatic hydroxyl groups excluding tert-OH is 1. The fourth-order valence-corrected chi connectivity index (χ4v) is 1.78. The Hall–Kier alpha value is -1.42. The van der Waals surface area contributed by atoms with E-state index in [1.807, 2.05) is 30.5 Å². The zero-order valence-corrected chi connectivity index (χ0v) is 10.6. The minimum atomic E-state index is -0.529. The molecule has 1 aromatic heterocycles. The van der Waals surface area contributed by atoms with E-state index in [1.54, 1.807) is 18.3 Å². The molecular weight excluding hydrogens is 248 g/mol. The van der Waals surface area contributed by atoms with E-state index < -0.39 is 6.10 Å². The van der Waals surface area contributed by atoms with Gasteiger partial charge in [-0.25, -0.2) is 0 Å². The Kier molecular flexibility index (Phi) is 4.70. The highest BCUT2D eigenvalue weighted by Crippen LogP contribution is 2.15. The summed E-state index contributed by atoms with van der Waals surface area (Å²) in [6, 6.07) is 11.1. The molecule has 0 radical (unpaired) electrons. The number of nitrogens with zero attached hydrogens (tertiary/aromatic N) is 1. The van der Waals surface area contributed by atoms with Crippen LogP contribution in [0, 0.1) is 0 Å². The molecule has 18 heavy (non-hydrogen) atoms. The van der Waals surface area contributed by atoms with Gasteiger partial charge in [-0.3, -0.25) is 4.98 Å². The van der Waals surface area contributed by atoms with Crippen LogP contribution in [0.1, 0.15) is 17.2 Å². The SMILES string of the molecule is O[C@H](CNCc1cccnc1)c1ccc(Cl)cc1. The van der Waals surface area contributed by atoms with E-state index in [-0.39, 0.29) is 0 Å². The van der Waals surface area contributed by atoms with Crippen molar-refractivity contribution in [1.82, 2.24) is 10.3 Å². The lowest BCUT2D eigenvalue weighted by Crippen LogP contribution is -2.21. The largest absolute Gasteiger partial charge is 0.387 e. The first kappa shape index (κ1) is 13.0. The van der Waals surface area contributed by atoms with Gasteiger partial charge in [-0.1, -0.05) is 29.8 Å². The second kappa shape index (κ2) is 6.50. The summed E-state index contributed by atoms with van der Waals surface area (Å²) in [5, 5.41) is 13.8. The number of aliphatic hydroxyl groups is 1. The lowest BCUT2D eigenvalue weighted by molar-refractivity contribution is 0.174. The topological polar surface area (TPSA) is 45.1 Å². The molecule has 0 aliphatic carbocycles. The van der Waals surface area contributed by atoms with E-state index in [9.17, 15) is 5.11 Å². The molecular formula is C14H15ClN2O. The lowest BCUT2D eigenvalue weighted by Gasteiger charge is -2.12. The van der Waals surface area contributed by atoms with Crippen molar-refractivity contribution in [3.8, 4) is 0 Å². The van der Waals surface area contributed by atoms with Crippen LogP contribution in [0.3, 0.4) is 0 Å². The Balaban J connectivity index is 1.81. The summed E-state index contributed by atoms with van der Waals surface area (Å²) >= 11 is 5.80. The van der Waals surface area contributed by atoms with Crippen molar-refractivity contribution in [1.29, 1.82) is 0 Å². The molecule has 2 aromatic rings. The zero-order valence-electron chi connectivity index (χ0n) is 9.88. The third-order valence-electron chi connectivity index (χ3n) is 2.64. The van der Waals surface area contributed by atoms with Crippen LogP contribution in [0.25, 0.3) is 0 Å². The highest BCUT2D eigenvalue weighted by Gasteiger charge is 2.06. The number of benzene rings is 1. The smallest absolute Gasteiger partial charge is 0.0914 e. The predicted octanol–water partition coefficient (Wildman–Crippen LogP) is 2.56. The van der Waals surface area contributed by atoms with Crippen LogP contribution < -0.4 is 5.32 Å². The van der Waals surface area contributed by atoms with Gasteiger partial charge in [0, 0.05) is 30.5 Å². The molecule has 0 unspecified atom stereocenters. The molecule has 0 bridgehead atoms. The molecule has 2 rings (SSSR count). The van der Waals surface area contributed by atoms with E-state index >= 15 is 0 Å². The summed E-state index contributed by atoms with van der Waals surface area (Å²) < 4.78 is 0. The molecule has 0 amide bonds. The maximum absolute atomic E-state index is 9.97. The highest BCUT2D eigenvalue weighted by atomic mass is 35.5. The summed E-state index contributed by atoms with van der Waals surface area (Å²) in [7, 11) is 0. The molecule has 0 saturated carbocycles. The van der Waals surface area contributed by atoms with Crippen LogP contribution >= 0.6 is 11.6 Å². The fraction of sp³-hybridized carbons (Fsp3) is 0.214. The van der Waals surface area contributed by atoms with Gasteiger partial charge in [0.2, 0.25) is 0 Å². The summed E-state index contributed by atoms with van der Waals surface area (Å²) in [5.41, 5.74) is 1.96. The lowest BCUT2D eigenvalue weighted by atomic mass is 10.1. The zero-order chi connectivity index (χ0) is 12.8. The van der Waals surface area contributed by atoms with Crippen molar-refractivity contribution in [3.63, 3.8) is 0 Å².